The van der Waals surface area contributed by atoms with Crippen molar-refractivity contribution >= 4 is 38.0 Å². The molecule has 0 fully saturated rings. The highest BCUT2D eigenvalue weighted by Gasteiger charge is 2.28. The molecule has 0 heterocycles. The maximum Gasteiger partial charge on any atom is 0.0429 e. The highest BCUT2D eigenvalue weighted by molar-refractivity contribution is 6.20. The lowest BCUT2D eigenvalue weighted by molar-refractivity contribution is 1.27. The normalized spacial score (nSPS) is 12.7. The van der Waals surface area contributed by atoms with Gasteiger partial charge in [-0.3, -0.25) is 0 Å². The molecule has 2 aliphatic carbocycles. The SMILES string of the molecule is Cc1ccc2ccc3ccc(-c4ccc5c(c4)-c4cc6c(c7cccc-5c47)-c4ccccc4C6)cc3c2c1N. The standard InChI is InChI=1S/C38H25N/c1-21-9-10-23-13-11-22-12-14-24(18-32(22)36(23)38(21)39)25-15-16-29-30-7-4-8-31-35-27(17-26-5-2-3-6-28(26)35)20-34(37(30)31)33(29)19-25/h2-16,18-20H,17,39H2,1H3. The van der Waals surface area contributed by atoms with Gasteiger partial charge in [0.25, 0.3) is 0 Å². The van der Waals surface area contributed by atoms with Crippen molar-refractivity contribution in [1.82, 2.24) is 0 Å². The summed E-state index contributed by atoms with van der Waals surface area (Å²) in [6.07, 6.45) is 1.01. The summed E-state index contributed by atoms with van der Waals surface area (Å²) in [7, 11) is 0. The molecule has 0 aliphatic heterocycles. The molecule has 0 amide bonds. The summed E-state index contributed by atoms with van der Waals surface area (Å²) in [4.78, 5) is 0. The Bertz CT molecular complexity index is 2220. The second-order valence-corrected chi connectivity index (χ2v) is 11.2. The number of nitrogens with two attached hydrogens (primary N) is 1. The van der Waals surface area contributed by atoms with E-state index in [9.17, 15) is 0 Å². The molecule has 0 unspecified atom stereocenters. The van der Waals surface area contributed by atoms with Gasteiger partial charge in [0, 0.05) is 11.1 Å². The molecule has 39 heavy (non-hydrogen) atoms. The third kappa shape index (κ3) is 2.74. The predicted molar refractivity (Wildman–Crippen MR) is 166 cm³/mol. The number of hydrogen-bond acceptors (Lipinski definition) is 1. The minimum Gasteiger partial charge on any atom is -0.398 e. The summed E-state index contributed by atoms with van der Waals surface area (Å²) in [6, 6.07) is 40.7. The van der Waals surface area contributed by atoms with E-state index in [1.165, 1.54) is 82.6 Å². The zero-order valence-corrected chi connectivity index (χ0v) is 21.7. The monoisotopic (exact) mass is 495 g/mol. The fourth-order valence-electron chi connectivity index (χ4n) is 7.20. The third-order valence-corrected chi connectivity index (χ3v) is 9.10. The first kappa shape index (κ1) is 21.1. The van der Waals surface area contributed by atoms with Gasteiger partial charge in [0.15, 0.2) is 0 Å². The number of anilines is 1. The van der Waals surface area contributed by atoms with Gasteiger partial charge in [-0.1, -0.05) is 91.0 Å². The average Bonchev–Trinajstić information content (AvgIpc) is 3.51. The van der Waals surface area contributed by atoms with Crippen molar-refractivity contribution in [2.45, 2.75) is 13.3 Å². The quantitative estimate of drug-likeness (QED) is 0.178. The zero-order chi connectivity index (χ0) is 25.8. The fourth-order valence-corrected chi connectivity index (χ4v) is 7.20. The van der Waals surface area contributed by atoms with Crippen LogP contribution < -0.4 is 5.73 Å². The number of fused-ring (bicyclic) bond motifs is 10. The van der Waals surface area contributed by atoms with E-state index in [1.807, 2.05) is 0 Å². The van der Waals surface area contributed by atoms with Crippen molar-refractivity contribution < 1.29 is 0 Å². The first-order valence-electron chi connectivity index (χ1n) is 13.7. The van der Waals surface area contributed by atoms with Crippen LogP contribution in [0.3, 0.4) is 0 Å². The molecule has 0 bridgehead atoms. The third-order valence-electron chi connectivity index (χ3n) is 9.10. The van der Waals surface area contributed by atoms with E-state index in [4.69, 9.17) is 5.73 Å². The molecule has 182 valence electrons. The van der Waals surface area contributed by atoms with Gasteiger partial charge in [-0.2, -0.15) is 0 Å². The number of benzene rings is 7. The molecular formula is C38H25N. The number of hydrogen-bond donors (Lipinski definition) is 1. The topological polar surface area (TPSA) is 26.0 Å². The average molecular weight is 496 g/mol. The molecule has 7 aromatic carbocycles. The summed E-state index contributed by atoms with van der Waals surface area (Å²) in [5.41, 5.74) is 22.2. The van der Waals surface area contributed by atoms with Crippen LogP contribution in [0.15, 0.2) is 109 Å². The molecule has 9 rings (SSSR count). The van der Waals surface area contributed by atoms with Crippen molar-refractivity contribution in [3.63, 3.8) is 0 Å². The van der Waals surface area contributed by atoms with Gasteiger partial charge in [0.05, 0.1) is 0 Å². The van der Waals surface area contributed by atoms with E-state index < -0.39 is 0 Å². The summed E-state index contributed by atoms with van der Waals surface area (Å²) >= 11 is 0. The summed E-state index contributed by atoms with van der Waals surface area (Å²) in [5.74, 6) is 0. The summed E-state index contributed by atoms with van der Waals surface area (Å²) in [6.45, 7) is 2.09. The first-order chi connectivity index (χ1) is 19.2. The van der Waals surface area contributed by atoms with Crippen LogP contribution in [0, 0.1) is 6.92 Å². The minimum absolute atomic E-state index is 0.876. The second kappa shape index (κ2) is 7.36. The molecule has 7 aromatic rings. The Morgan fingerprint density at radius 1 is 0.513 bits per heavy atom. The molecule has 2 N–H and O–H groups in total. The Kier molecular flexibility index (Phi) is 3.98. The van der Waals surface area contributed by atoms with Crippen LogP contribution in [0.2, 0.25) is 0 Å². The smallest absolute Gasteiger partial charge is 0.0429 e. The zero-order valence-electron chi connectivity index (χ0n) is 21.7. The van der Waals surface area contributed by atoms with Crippen molar-refractivity contribution in [1.29, 1.82) is 0 Å². The molecule has 0 aromatic heterocycles. The number of nitrogen functional groups attached to an aromatic ring is 1. The lowest BCUT2D eigenvalue weighted by Gasteiger charge is -2.12. The van der Waals surface area contributed by atoms with E-state index in [-0.39, 0.29) is 0 Å². The van der Waals surface area contributed by atoms with Gasteiger partial charge < -0.3 is 5.73 Å². The molecular weight excluding hydrogens is 470 g/mol. The van der Waals surface area contributed by atoms with Crippen molar-refractivity contribution in [3.05, 3.63) is 126 Å². The van der Waals surface area contributed by atoms with E-state index >= 15 is 0 Å². The molecule has 1 heteroatoms. The summed E-state index contributed by atoms with van der Waals surface area (Å²) < 4.78 is 0. The maximum atomic E-state index is 6.61. The van der Waals surface area contributed by atoms with Crippen molar-refractivity contribution in [2.75, 3.05) is 5.73 Å². The minimum atomic E-state index is 0.876. The van der Waals surface area contributed by atoms with E-state index in [0.29, 0.717) is 0 Å². The Hall–Kier alpha value is -4.88. The first-order valence-corrected chi connectivity index (χ1v) is 13.7. The van der Waals surface area contributed by atoms with Crippen LogP contribution in [0.4, 0.5) is 5.69 Å². The molecule has 0 saturated carbocycles. The highest BCUT2D eigenvalue weighted by atomic mass is 14.6. The van der Waals surface area contributed by atoms with Crippen LogP contribution >= 0.6 is 0 Å². The highest BCUT2D eigenvalue weighted by Crippen LogP contribution is 2.53. The Labute approximate surface area is 227 Å². The Morgan fingerprint density at radius 3 is 2.23 bits per heavy atom. The van der Waals surface area contributed by atoms with Crippen LogP contribution in [0.5, 0.6) is 0 Å². The van der Waals surface area contributed by atoms with Crippen LogP contribution in [-0.2, 0) is 6.42 Å². The van der Waals surface area contributed by atoms with Gasteiger partial charge in [-0.05, 0) is 120 Å². The van der Waals surface area contributed by atoms with E-state index in [1.54, 1.807) is 0 Å². The summed E-state index contributed by atoms with van der Waals surface area (Å²) in [5, 5.41) is 7.56. The number of rotatable bonds is 1. The van der Waals surface area contributed by atoms with Crippen molar-refractivity contribution in [2.24, 2.45) is 0 Å². The van der Waals surface area contributed by atoms with Gasteiger partial charge in [0.2, 0.25) is 0 Å². The largest absolute Gasteiger partial charge is 0.398 e. The van der Waals surface area contributed by atoms with Gasteiger partial charge >= 0.3 is 0 Å². The maximum absolute atomic E-state index is 6.61. The fraction of sp³-hybridized carbons (Fsp3) is 0.0526. The van der Waals surface area contributed by atoms with E-state index in [0.717, 1.165) is 23.1 Å². The molecule has 0 radical (unpaired) electrons. The van der Waals surface area contributed by atoms with Crippen molar-refractivity contribution in [3.8, 4) is 44.5 Å². The van der Waals surface area contributed by atoms with Gasteiger partial charge in [-0.15, -0.1) is 0 Å². The van der Waals surface area contributed by atoms with E-state index in [2.05, 4.69) is 116 Å². The van der Waals surface area contributed by atoms with Crippen LogP contribution in [0.1, 0.15) is 16.7 Å². The van der Waals surface area contributed by atoms with Crippen LogP contribution in [-0.4, -0.2) is 0 Å². The van der Waals surface area contributed by atoms with Crippen LogP contribution in [0.25, 0.3) is 76.8 Å². The second-order valence-electron chi connectivity index (χ2n) is 11.2. The lowest BCUT2D eigenvalue weighted by Crippen LogP contribution is -1.92. The predicted octanol–water partition coefficient (Wildman–Crippen LogP) is 9.92. The number of aryl methyl sites for hydroxylation is 1. The van der Waals surface area contributed by atoms with Gasteiger partial charge in [0.1, 0.15) is 0 Å². The Balaban J connectivity index is 1.27. The molecule has 1 nitrogen and oxygen atoms in total. The van der Waals surface area contributed by atoms with Gasteiger partial charge in [-0.25, -0.2) is 0 Å². The Morgan fingerprint density at radius 2 is 1.28 bits per heavy atom. The molecule has 0 saturated heterocycles. The molecule has 0 atom stereocenters. The molecule has 2 aliphatic rings. The molecule has 0 spiro atoms. The lowest BCUT2D eigenvalue weighted by atomic mass is 9.92.